The number of carbonyl (C=O) groups is 1. The quantitative estimate of drug-likeness (QED) is 0.323. The smallest absolute Gasteiger partial charge is 0.226 e. The molecule has 4 aromatic rings. The summed E-state index contributed by atoms with van der Waals surface area (Å²) >= 11 is 0. The lowest BCUT2D eigenvalue weighted by atomic mass is 9.89. The second-order valence-corrected chi connectivity index (χ2v) is 10.1. The van der Waals surface area contributed by atoms with Gasteiger partial charge in [0.15, 0.2) is 0 Å². The van der Waals surface area contributed by atoms with Gasteiger partial charge in [0, 0.05) is 41.5 Å². The molecule has 1 aromatic heterocycles. The predicted molar refractivity (Wildman–Crippen MR) is 147 cm³/mol. The molecule has 0 spiro atoms. The van der Waals surface area contributed by atoms with E-state index >= 15 is 0 Å². The Bertz CT molecular complexity index is 1350. The summed E-state index contributed by atoms with van der Waals surface area (Å²) in [6.45, 7) is 6.89. The molecule has 1 saturated heterocycles. The van der Waals surface area contributed by atoms with Crippen LogP contribution >= 0.6 is 0 Å². The number of ether oxygens (including phenoxy) is 1. The zero-order valence-corrected chi connectivity index (χ0v) is 21.4. The first-order chi connectivity index (χ1) is 17.5. The van der Waals surface area contributed by atoms with Crippen molar-refractivity contribution in [1.82, 2.24) is 9.47 Å². The van der Waals surface area contributed by atoms with Crippen molar-refractivity contribution < 1.29 is 9.53 Å². The molecule has 0 unspecified atom stereocenters. The minimum absolute atomic E-state index is 0.0219. The summed E-state index contributed by atoms with van der Waals surface area (Å²) in [5, 5.41) is 4.30. The van der Waals surface area contributed by atoms with E-state index < -0.39 is 0 Å². The molecular formula is C31H35N3O2. The Morgan fingerprint density at radius 3 is 2.56 bits per heavy atom. The zero-order chi connectivity index (χ0) is 25.1. The van der Waals surface area contributed by atoms with Crippen LogP contribution in [-0.4, -0.2) is 35.6 Å². The van der Waals surface area contributed by atoms with Crippen LogP contribution in [0.15, 0.2) is 79.0 Å². The van der Waals surface area contributed by atoms with Crippen molar-refractivity contribution in [2.24, 2.45) is 5.92 Å². The molecule has 0 bridgehead atoms. The molecule has 0 atom stereocenters. The molecule has 5 heteroatoms. The highest BCUT2D eigenvalue weighted by atomic mass is 16.5. The minimum atomic E-state index is -0.0219. The summed E-state index contributed by atoms with van der Waals surface area (Å²) < 4.78 is 7.73. The van der Waals surface area contributed by atoms with Crippen molar-refractivity contribution in [3.8, 4) is 11.4 Å². The third kappa shape index (κ3) is 5.17. The number of anilines is 1. The first kappa shape index (κ1) is 24.1. The van der Waals surface area contributed by atoms with Gasteiger partial charge in [0.2, 0.25) is 5.91 Å². The SMILES string of the molecule is COc1cccc(-n2ccc3cccc(CN4CCC(c5cccc(NC(=O)C(C)C)c5)CC4)c32)c1. The van der Waals surface area contributed by atoms with Crippen LogP contribution in [0.1, 0.15) is 43.7 Å². The van der Waals surface area contributed by atoms with Gasteiger partial charge >= 0.3 is 0 Å². The Hall–Kier alpha value is -3.57. The molecule has 1 aliphatic heterocycles. The molecule has 5 rings (SSSR count). The molecule has 36 heavy (non-hydrogen) atoms. The van der Waals surface area contributed by atoms with E-state index in [1.807, 2.05) is 32.0 Å². The summed E-state index contributed by atoms with van der Waals surface area (Å²) in [5.74, 6) is 1.43. The Labute approximate surface area is 213 Å². The lowest BCUT2D eigenvalue weighted by molar-refractivity contribution is -0.118. The summed E-state index contributed by atoms with van der Waals surface area (Å²) in [7, 11) is 1.71. The maximum atomic E-state index is 12.1. The predicted octanol–water partition coefficient (Wildman–Crippen LogP) is 6.61. The van der Waals surface area contributed by atoms with Gasteiger partial charge < -0.3 is 14.6 Å². The molecule has 0 aliphatic carbocycles. The largest absolute Gasteiger partial charge is 0.497 e. The average molecular weight is 482 g/mol. The van der Waals surface area contributed by atoms with Gasteiger partial charge in [-0.3, -0.25) is 9.69 Å². The van der Waals surface area contributed by atoms with Crippen LogP contribution in [-0.2, 0) is 11.3 Å². The number of hydrogen-bond donors (Lipinski definition) is 1. The molecule has 5 nitrogen and oxygen atoms in total. The van der Waals surface area contributed by atoms with E-state index in [9.17, 15) is 4.79 Å². The van der Waals surface area contributed by atoms with Crippen LogP contribution < -0.4 is 10.1 Å². The number of para-hydroxylation sites is 1. The van der Waals surface area contributed by atoms with Crippen molar-refractivity contribution in [3.63, 3.8) is 0 Å². The van der Waals surface area contributed by atoms with Gasteiger partial charge in [-0.05, 0) is 73.3 Å². The lowest BCUT2D eigenvalue weighted by Gasteiger charge is -2.32. The highest BCUT2D eigenvalue weighted by Crippen LogP contribution is 2.32. The van der Waals surface area contributed by atoms with Crippen molar-refractivity contribution in [1.29, 1.82) is 0 Å². The van der Waals surface area contributed by atoms with E-state index in [1.165, 1.54) is 22.0 Å². The third-order valence-electron chi connectivity index (χ3n) is 7.26. The highest BCUT2D eigenvalue weighted by molar-refractivity contribution is 5.92. The van der Waals surface area contributed by atoms with Crippen molar-refractivity contribution in [2.75, 3.05) is 25.5 Å². The maximum Gasteiger partial charge on any atom is 0.226 e. The molecular weight excluding hydrogens is 446 g/mol. The summed E-state index contributed by atoms with van der Waals surface area (Å²) in [4.78, 5) is 14.7. The number of fused-ring (bicyclic) bond motifs is 1. The van der Waals surface area contributed by atoms with Crippen LogP contribution in [0.25, 0.3) is 16.6 Å². The van der Waals surface area contributed by atoms with Gasteiger partial charge in [0.05, 0.1) is 12.6 Å². The fraction of sp³-hybridized carbons (Fsp3) is 0.323. The van der Waals surface area contributed by atoms with Crippen molar-refractivity contribution >= 4 is 22.5 Å². The Kier molecular flexibility index (Phi) is 7.10. The number of nitrogens with zero attached hydrogens (tertiary/aromatic N) is 2. The number of benzene rings is 3. The topological polar surface area (TPSA) is 46.5 Å². The van der Waals surface area contributed by atoms with Crippen molar-refractivity contribution in [2.45, 2.75) is 39.2 Å². The van der Waals surface area contributed by atoms with Crippen LogP contribution in [0.3, 0.4) is 0 Å². The molecule has 186 valence electrons. The average Bonchev–Trinajstić information content (AvgIpc) is 3.35. The number of aromatic nitrogens is 1. The molecule has 2 heterocycles. The summed E-state index contributed by atoms with van der Waals surface area (Å²) in [5.41, 5.74) is 5.95. The van der Waals surface area contributed by atoms with E-state index in [-0.39, 0.29) is 11.8 Å². The first-order valence-electron chi connectivity index (χ1n) is 12.9. The Balaban J connectivity index is 1.29. The number of hydrogen-bond acceptors (Lipinski definition) is 3. The molecule has 1 aliphatic rings. The number of nitrogens with one attached hydrogen (secondary N) is 1. The Morgan fingerprint density at radius 1 is 1.00 bits per heavy atom. The van der Waals surface area contributed by atoms with E-state index in [2.05, 4.69) is 75.6 Å². The monoisotopic (exact) mass is 481 g/mol. The molecule has 0 saturated carbocycles. The number of rotatable bonds is 7. The van der Waals surface area contributed by atoms with E-state index in [4.69, 9.17) is 4.74 Å². The van der Waals surface area contributed by atoms with Crippen LogP contribution in [0, 0.1) is 5.92 Å². The van der Waals surface area contributed by atoms with Gasteiger partial charge in [-0.15, -0.1) is 0 Å². The Morgan fingerprint density at radius 2 is 1.78 bits per heavy atom. The van der Waals surface area contributed by atoms with E-state index in [1.54, 1.807) is 7.11 Å². The van der Waals surface area contributed by atoms with Crippen LogP contribution in [0.5, 0.6) is 5.75 Å². The molecule has 1 amide bonds. The minimum Gasteiger partial charge on any atom is -0.497 e. The van der Waals surface area contributed by atoms with E-state index in [0.717, 1.165) is 49.6 Å². The second-order valence-electron chi connectivity index (χ2n) is 10.1. The number of likely N-dealkylation sites (tertiary alicyclic amines) is 1. The number of carbonyl (C=O) groups excluding carboxylic acids is 1. The molecule has 1 N–H and O–H groups in total. The van der Waals surface area contributed by atoms with Gasteiger partial charge in [0.1, 0.15) is 5.75 Å². The van der Waals surface area contributed by atoms with Crippen LogP contribution in [0.4, 0.5) is 5.69 Å². The van der Waals surface area contributed by atoms with Gasteiger partial charge in [-0.1, -0.05) is 50.2 Å². The second kappa shape index (κ2) is 10.6. The summed E-state index contributed by atoms with van der Waals surface area (Å²) in [6.07, 6.45) is 4.39. The molecule has 3 aromatic carbocycles. The number of methoxy groups -OCH3 is 1. The van der Waals surface area contributed by atoms with Crippen LogP contribution in [0.2, 0.25) is 0 Å². The van der Waals surface area contributed by atoms with Gasteiger partial charge in [-0.2, -0.15) is 0 Å². The van der Waals surface area contributed by atoms with Crippen molar-refractivity contribution in [3.05, 3.63) is 90.1 Å². The normalized spacial score (nSPS) is 14.9. The maximum absolute atomic E-state index is 12.1. The molecule has 1 fully saturated rings. The standard InChI is InChI=1S/C31H35N3O2/c1-22(2)31(35)32-27-10-5-8-25(19-27)23-13-16-33(17-14-23)21-26-9-4-7-24-15-18-34(30(24)26)28-11-6-12-29(20-28)36-3/h4-12,15,18-20,22-23H,13-14,16-17,21H2,1-3H3,(H,32,35). The van der Waals surface area contributed by atoms with Gasteiger partial charge in [0.25, 0.3) is 0 Å². The lowest BCUT2D eigenvalue weighted by Crippen LogP contribution is -2.32. The highest BCUT2D eigenvalue weighted by Gasteiger charge is 2.22. The zero-order valence-electron chi connectivity index (χ0n) is 21.4. The fourth-order valence-electron chi connectivity index (χ4n) is 5.19. The van der Waals surface area contributed by atoms with Gasteiger partial charge in [-0.25, -0.2) is 0 Å². The number of amides is 1. The third-order valence-corrected chi connectivity index (χ3v) is 7.26. The van der Waals surface area contributed by atoms with E-state index in [0.29, 0.717) is 5.92 Å². The number of piperidine rings is 1. The summed E-state index contributed by atoms with van der Waals surface area (Å²) in [6, 6.07) is 25.4. The first-order valence-corrected chi connectivity index (χ1v) is 12.9. The fourth-order valence-corrected chi connectivity index (χ4v) is 5.19. The molecule has 0 radical (unpaired) electrons.